The van der Waals surface area contributed by atoms with E-state index in [1.54, 1.807) is 6.33 Å². The third kappa shape index (κ3) is 3.70. The number of rotatable bonds is 5. The van der Waals surface area contributed by atoms with Crippen LogP contribution in [0.3, 0.4) is 0 Å². The summed E-state index contributed by atoms with van der Waals surface area (Å²) in [5, 5.41) is 4.90. The van der Waals surface area contributed by atoms with Crippen molar-refractivity contribution in [3.63, 3.8) is 0 Å². The molecule has 0 amide bonds. The first-order valence-corrected chi connectivity index (χ1v) is 9.76. The Bertz CT molecular complexity index is 912. The number of hydrogen-bond donors (Lipinski definition) is 1. The Balaban J connectivity index is 1.54. The van der Waals surface area contributed by atoms with Crippen LogP contribution in [0.1, 0.15) is 29.6 Å². The van der Waals surface area contributed by atoms with Crippen molar-refractivity contribution in [1.29, 1.82) is 0 Å². The minimum Gasteiger partial charge on any atom is -0.315 e. The topological polar surface area (TPSA) is 66.8 Å². The number of nitrogens with zero attached hydrogens (tertiary/aromatic N) is 5. The zero-order chi connectivity index (χ0) is 17.9. The van der Waals surface area contributed by atoms with Gasteiger partial charge in [-0.1, -0.05) is 36.7 Å². The van der Waals surface area contributed by atoms with Crippen molar-refractivity contribution in [2.24, 2.45) is 0 Å². The molecular formula is C18H19ClN6S. The third-order valence-electron chi connectivity index (χ3n) is 4.44. The molecule has 1 aromatic carbocycles. The lowest BCUT2D eigenvalue weighted by Gasteiger charge is -2.29. The highest BCUT2D eigenvalue weighted by Gasteiger charge is 2.22. The van der Waals surface area contributed by atoms with Crippen LogP contribution in [-0.2, 0) is 25.9 Å². The SMILES string of the molecule is CCc1nsc(Nc2ncnc3c2CN(Cc2ccccc2Cl)CC3)n1. The Hall–Kier alpha value is -2.09. The molecule has 8 heteroatoms. The van der Waals surface area contributed by atoms with Crippen LogP contribution in [0.15, 0.2) is 30.6 Å². The van der Waals surface area contributed by atoms with E-state index in [2.05, 4.69) is 35.6 Å². The quantitative estimate of drug-likeness (QED) is 0.718. The number of aryl methyl sites for hydroxylation is 1. The van der Waals surface area contributed by atoms with Crippen LogP contribution in [0.2, 0.25) is 5.02 Å². The highest BCUT2D eigenvalue weighted by atomic mass is 35.5. The standard InChI is InChI=1S/C18H19ClN6S/c1-2-16-22-18(26-24-16)23-17-13-10-25(8-7-15(13)20-11-21-17)9-12-5-3-4-6-14(12)19/h3-6,11H,2,7-10H2,1H3,(H,20,21,22,23,24). The van der Waals surface area contributed by atoms with Crippen LogP contribution in [0, 0.1) is 0 Å². The summed E-state index contributed by atoms with van der Waals surface area (Å²) < 4.78 is 4.32. The average molecular weight is 387 g/mol. The predicted molar refractivity (Wildman–Crippen MR) is 104 cm³/mol. The highest BCUT2D eigenvalue weighted by Crippen LogP contribution is 2.28. The van der Waals surface area contributed by atoms with Crippen LogP contribution in [0.5, 0.6) is 0 Å². The van der Waals surface area contributed by atoms with Gasteiger partial charge in [-0.05, 0) is 11.6 Å². The van der Waals surface area contributed by atoms with E-state index in [9.17, 15) is 0 Å². The number of hydrogen-bond acceptors (Lipinski definition) is 7. The smallest absolute Gasteiger partial charge is 0.208 e. The monoisotopic (exact) mass is 386 g/mol. The fourth-order valence-corrected chi connectivity index (χ4v) is 3.90. The second kappa shape index (κ2) is 7.65. The molecule has 134 valence electrons. The maximum atomic E-state index is 6.32. The summed E-state index contributed by atoms with van der Waals surface area (Å²) in [6.45, 7) is 4.59. The normalized spacial score (nSPS) is 14.2. The third-order valence-corrected chi connectivity index (χ3v) is 5.48. The minimum atomic E-state index is 0.769. The van der Waals surface area contributed by atoms with Gasteiger partial charge in [0.2, 0.25) is 5.13 Å². The van der Waals surface area contributed by atoms with Gasteiger partial charge in [-0.3, -0.25) is 4.90 Å². The van der Waals surface area contributed by atoms with Crippen molar-refractivity contribution in [3.05, 3.63) is 58.3 Å². The fraction of sp³-hybridized carbons (Fsp3) is 0.333. The maximum absolute atomic E-state index is 6.32. The van der Waals surface area contributed by atoms with Crippen molar-refractivity contribution in [1.82, 2.24) is 24.2 Å². The molecule has 0 aliphatic carbocycles. The van der Waals surface area contributed by atoms with Gasteiger partial charge in [0.1, 0.15) is 18.0 Å². The van der Waals surface area contributed by atoms with Crippen LogP contribution in [0.25, 0.3) is 0 Å². The molecule has 0 spiro atoms. The van der Waals surface area contributed by atoms with Gasteiger partial charge < -0.3 is 5.32 Å². The number of halogens is 1. The minimum absolute atomic E-state index is 0.769. The van der Waals surface area contributed by atoms with E-state index in [4.69, 9.17) is 11.6 Å². The molecule has 0 bridgehead atoms. The Morgan fingerprint density at radius 2 is 2.15 bits per heavy atom. The lowest BCUT2D eigenvalue weighted by molar-refractivity contribution is 0.243. The molecule has 0 atom stereocenters. The number of nitrogens with one attached hydrogen (secondary N) is 1. The average Bonchev–Trinajstić information content (AvgIpc) is 3.12. The molecule has 26 heavy (non-hydrogen) atoms. The van der Waals surface area contributed by atoms with Crippen molar-refractivity contribution in [3.8, 4) is 0 Å². The Labute approximate surface area is 161 Å². The van der Waals surface area contributed by atoms with Gasteiger partial charge in [-0.2, -0.15) is 4.37 Å². The van der Waals surface area contributed by atoms with Gasteiger partial charge in [0.25, 0.3) is 0 Å². The summed E-state index contributed by atoms with van der Waals surface area (Å²) in [7, 11) is 0. The first kappa shape index (κ1) is 17.3. The number of benzene rings is 1. The van der Waals surface area contributed by atoms with Gasteiger partial charge in [0.05, 0.1) is 5.69 Å². The summed E-state index contributed by atoms with van der Waals surface area (Å²) in [5.41, 5.74) is 3.36. The Kier molecular flexibility index (Phi) is 5.10. The largest absolute Gasteiger partial charge is 0.315 e. The molecular weight excluding hydrogens is 368 g/mol. The molecule has 4 rings (SSSR count). The summed E-state index contributed by atoms with van der Waals surface area (Å²) in [4.78, 5) is 15.8. The molecule has 0 fully saturated rings. The first-order chi connectivity index (χ1) is 12.7. The first-order valence-electron chi connectivity index (χ1n) is 8.61. The second-order valence-corrected chi connectivity index (χ2v) is 7.35. The van der Waals surface area contributed by atoms with Crippen LogP contribution in [0.4, 0.5) is 10.9 Å². The number of fused-ring (bicyclic) bond motifs is 1. The Morgan fingerprint density at radius 3 is 2.96 bits per heavy atom. The van der Waals surface area contributed by atoms with E-state index in [0.29, 0.717) is 0 Å². The van der Waals surface area contributed by atoms with Gasteiger partial charge in [0, 0.05) is 54.6 Å². The van der Waals surface area contributed by atoms with Crippen molar-refractivity contribution in [2.75, 3.05) is 11.9 Å². The molecule has 3 aromatic rings. The molecule has 0 radical (unpaired) electrons. The summed E-state index contributed by atoms with van der Waals surface area (Å²) in [5.74, 6) is 1.67. The van der Waals surface area contributed by atoms with E-state index >= 15 is 0 Å². The zero-order valence-electron chi connectivity index (χ0n) is 14.4. The molecule has 0 saturated heterocycles. The van der Waals surface area contributed by atoms with Crippen molar-refractivity contribution >= 4 is 34.1 Å². The van der Waals surface area contributed by atoms with E-state index in [1.807, 2.05) is 25.1 Å². The van der Waals surface area contributed by atoms with Crippen LogP contribution < -0.4 is 5.32 Å². The molecule has 0 saturated carbocycles. The van der Waals surface area contributed by atoms with Gasteiger partial charge >= 0.3 is 0 Å². The van der Waals surface area contributed by atoms with Crippen molar-refractivity contribution in [2.45, 2.75) is 32.9 Å². The molecule has 0 unspecified atom stereocenters. The second-order valence-electron chi connectivity index (χ2n) is 6.19. The molecule has 1 aliphatic rings. The lowest BCUT2D eigenvalue weighted by Crippen LogP contribution is -2.31. The van der Waals surface area contributed by atoms with Crippen LogP contribution >= 0.6 is 23.1 Å². The number of aromatic nitrogens is 4. The van der Waals surface area contributed by atoms with E-state index in [0.717, 1.165) is 71.1 Å². The predicted octanol–water partition coefficient (Wildman–Crippen LogP) is 3.85. The molecule has 1 N–H and O–H groups in total. The van der Waals surface area contributed by atoms with Crippen molar-refractivity contribution < 1.29 is 0 Å². The fourth-order valence-electron chi connectivity index (χ4n) is 3.06. The molecule has 2 aromatic heterocycles. The van der Waals surface area contributed by atoms with Gasteiger partial charge in [-0.25, -0.2) is 15.0 Å². The summed E-state index contributed by atoms with van der Waals surface area (Å²) >= 11 is 7.68. The molecule has 1 aliphatic heterocycles. The number of anilines is 2. The lowest BCUT2D eigenvalue weighted by atomic mass is 10.1. The maximum Gasteiger partial charge on any atom is 0.208 e. The molecule has 3 heterocycles. The van der Waals surface area contributed by atoms with Gasteiger partial charge in [0.15, 0.2) is 0 Å². The van der Waals surface area contributed by atoms with E-state index in [-0.39, 0.29) is 0 Å². The molecule has 6 nitrogen and oxygen atoms in total. The van der Waals surface area contributed by atoms with Crippen LogP contribution in [-0.4, -0.2) is 30.8 Å². The Morgan fingerprint density at radius 1 is 1.27 bits per heavy atom. The summed E-state index contributed by atoms with van der Waals surface area (Å²) in [6.07, 6.45) is 3.34. The van der Waals surface area contributed by atoms with E-state index < -0.39 is 0 Å². The summed E-state index contributed by atoms with van der Waals surface area (Å²) in [6, 6.07) is 7.99. The zero-order valence-corrected chi connectivity index (χ0v) is 16.0. The highest BCUT2D eigenvalue weighted by molar-refractivity contribution is 7.09. The van der Waals surface area contributed by atoms with Gasteiger partial charge in [-0.15, -0.1) is 0 Å². The van der Waals surface area contributed by atoms with E-state index in [1.165, 1.54) is 11.5 Å².